The maximum Gasteiger partial charge on any atom is 0.125 e. The van der Waals surface area contributed by atoms with E-state index in [0.717, 1.165) is 0 Å². The smallest absolute Gasteiger partial charge is 0.125 e. The fourth-order valence-electron chi connectivity index (χ4n) is 1.52. The number of nitrogens with one attached hydrogen (secondary N) is 4. The Hall–Kier alpha value is -0.240. The summed E-state index contributed by atoms with van der Waals surface area (Å²) in [7, 11) is 0. The Labute approximate surface area is 64.5 Å². The van der Waals surface area contributed by atoms with E-state index in [2.05, 4.69) is 21.3 Å². The first-order valence-corrected chi connectivity index (χ1v) is 3.70. The van der Waals surface area contributed by atoms with E-state index in [4.69, 9.17) is 5.73 Å². The zero-order valence-corrected chi connectivity index (χ0v) is 6.04. The molecular formula is C5H13N5O. The molecule has 7 N–H and O–H groups in total. The molecule has 6 nitrogen and oxygen atoms in total. The van der Waals surface area contributed by atoms with Crippen LogP contribution in [0.25, 0.3) is 0 Å². The summed E-state index contributed by atoms with van der Waals surface area (Å²) in [5.41, 5.74) is 5.53. The lowest BCUT2D eigenvalue weighted by atomic mass is 10.2. The molecule has 4 atom stereocenters. The number of rotatable bonds is 0. The zero-order valence-electron chi connectivity index (χ0n) is 6.04. The van der Waals surface area contributed by atoms with Crippen LogP contribution in [0.1, 0.15) is 0 Å². The summed E-state index contributed by atoms with van der Waals surface area (Å²) in [4.78, 5) is 0. The minimum absolute atomic E-state index is 0.00907. The van der Waals surface area contributed by atoms with Crippen molar-refractivity contribution in [2.24, 2.45) is 5.73 Å². The Balaban J connectivity index is 2.04. The average molecular weight is 159 g/mol. The summed E-state index contributed by atoms with van der Waals surface area (Å²) >= 11 is 0. The first-order valence-electron chi connectivity index (χ1n) is 3.70. The van der Waals surface area contributed by atoms with E-state index in [1.165, 1.54) is 0 Å². The molecule has 0 spiro atoms. The highest BCUT2D eigenvalue weighted by Gasteiger charge is 2.37. The summed E-state index contributed by atoms with van der Waals surface area (Å²) in [5.74, 6) is 0. The number of nitrogens with two attached hydrogens (primary N) is 1. The van der Waals surface area contributed by atoms with Crippen molar-refractivity contribution in [3.05, 3.63) is 0 Å². The second-order valence-corrected chi connectivity index (χ2v) is 2.84. The lowest BCUT2D eigenvalue weighted by molar-refractivity contribution is 0.0386. The lowest BCUT2D eigenvalue weighted by Crippen LogP contribution is -2.71. The van der Waals surface area contributed by atoms with Crippen molar-refractivity contribution >= 4 is 0 Å². The molecule has 2 fully saturated rings. The molecule has 0 amide bonds. The second kappa shape index (κ2) is 2.67. The molecule has 0 aromatic carbocycles. The van der Waals surface area contributed by atoms with Gasteiger partial charge in [0, 0.05) is 6.67 Å². The van der Waals surface area contributed by atoms with Gasteiger partial charge in [-0.05, 0) is 0 Å². The van der Waals surface area contributed by atoms with E-state index in [1.54, 1.807) is 0 Å². The number of aliphatic hydroxyl groups is 1. The van der Waals surface area contributed by atoms with Gasteiger partial charge in [0.25, 0.3) is 0 Å². The quantitative estimate of drug-likeness (QED) is 0.220. The topological polar surface area (TPSA) is 94.4 Å². The first-order chi connectivity index (χ1) is 5.27. The minimum atomic E-state index is -0.578. The predicted octanol–water partition coefficient (Wildman–Crippen LogP) is -3.42. The van der Waals surface area contributed by atoms with Crippen LogP contribution in [0.15, 0.2) is 0 Å². The third kappa shape index (κ3) is 1.24. The van der Waals surface area contributed by atoms with E-state index >= 15 is 0 Å². The van der Waals surface area contributed by atoms with Crippen molar-refractivity contribution in [1.29, 1.82) is 0 Å². The average Bonchev–Trinajstić information content (AvgIpc) is 2.34. The minimum Gasteiger partial charge on any atom is -0.377 e. The Morgan fingerprint density at radius 3 is 2.91 bits per heavy atom. The third-order valence-corrected chi connectivity index (χ3v) is 2.07. The van der Waals surface area contributed by atoms with Crippen LogP contribution in [0.4, 0.5) is 0 Å². The summed E-state index contributed by atoms with van der Waals surface area (Å²) in [6, 6.07) is 0.00907. The Bertz CT molecular complexity index is 154. The van der Waals surface area contributed by atoms with Crippen molar-refractivity contribution in [3.8, 4) is 0 Å². The van der Waals surface area contributed by atoms with Crippen LogP contribution in [-0.4, -0.2) is 36.5 Å². The lowest BCUT2D eigenvalue weighted by Gasteiger charge is -2.35. The summed E-state index contributed by atoms with van der Waals surface area (Å²) in [6.45, 7) is 0.702. The van der Waals surface area contributed by atoms with Crippen LogP contribution in [0.2, 0.25) is 0 Å². The van der Waals surface area contributed by atoms with Crippen LogP contribution < -0.4 is 27.0 Å². The van der Waals surface area contributed by atoms with Gasteiger partial charge in [-0.15, -0.1) is 0 Å². The molecule has 2 rings (SSSR count). The van der Waals surface area contributed by atoms with E-state index in [-0.39, 0.29) is 18.5 Å². The standard InChI is InChI=1S/C5H13N5O/c6-5-9-3-2(4(11)10-5)7-1-8-3/h2-5,7-11H,1,6H2. The largest absolute Gasteiger partial charge is 0.377 e. The van der Waals surface area contributed by atoms with Gasteiger partial charge in [0.1, 0.15) is 12.5 Å². The maximum absolute atomic E-state index is 9.42. The fourth-order valence-corrected chi connectivity index (χ4v) is 1.52. The van der Waals surface area contributed by atoms with Crippen molar-refractivity contribution in [2.45, 2.75) is 24.7 Å². The number of hydrogen-bond acceptors (Lipinski definition) is 6. The van der Waals surface area contributed by atoms with Crippen LogP contribution >= 0.6 is 0 Å². The van der Waals surface area contributed by atoms with Gasteiger partial charge in [0.15, 0.2) is 0 Å². The molecule has 2 heterocycles. The van der Waals surface area contributed by atoms with Gasteiger partial charge in [0.05, 0.1) is 12.2 Å². The number of fused-ring (bicyclic) bond motifs is 1. The second-order valence-electron chi connectivity index (χ2n) is 2.84. The van der Waals surface area contributed by atoms with Gasteiger partial charge in [-0.3, -0.25) is 21.3 Å². The maximum atomic E-state index is 9.42. The molecule has 0 aliphatic carbocycles. The van der Waals surface area contributed by atoms with E-state index < -0.39 is 6.23 Å². The number of hydrogen-bond donors (Lipinski definition) is 6. The Morgan fingerprint density at radius 2 is 2.09 bits per heavy atom. The van der Waals surface area contributed by atoms with Gasteiger partial charge < -0.3 is 10.8 Å². The highest BCUT2D eigenvalue weighted by atomic mass is 16.3. The molecule has 0 bridgehead atoms. The molecular weight excluding hydrogens is 146 g/mol. The highest BCUT2D eigenvalue weighted by Crippen LogP contribution is 2.05. The third-order valence-electron chi connectivity index (χ3n) is 2.07. The van der Waals surface area contributed by atoms with Gasteiger partial charge in [-0.2, -0.15) is 0 Å². The monoisotopic (exact) mass is 159 g/mol. The molecule has 2 aliphatic heterocycles. The molecule has 2 aliphatic rings. The highest BCUT2D eigenvalue weighted by molar-refractivity contribution is 4.94. The normalized spacial score (nSPS) is 50.7. The molecule has 64 valence electrons. The Kier molecular flexibility index (Phi) is 1.80. The Morgan fingerprint density at radius 1 is 1.27 bits per heavy atom. The fraction of sp³-hybridized carbons (Fsp3) is 1.00. The van der Waals surface area contributed by atoms with Gasteiger partial charge in [-0.1, -0.05) is 0 Å². The van der Waals surface area contributed by atoms with Gasteiger partial charge >= 0.3 is 0 Å². The van der Waals surface area contributed by atoms with Crippen molar-refractivity contribution in [1.82, 2.24) is 21.3 Å². The summed E-state index contributed by atoms with van der Waals surface area (Å²) < 4.78 is 0. The molecule has 0 saturated carbocycles. The predicted molar refractivity (Wildman–Crippen MR) is 39.0 cm³/mol. The van der Waals surface area contributed by atoms with Crippen LogP contribution in [0.5, 0.6) is 0 Å². The van der Waals surface area contributed by atoms with Gasteiger partial charge in [-0.25, -0.2) is 0 Å². The van der Waals surface area contributed by atoms with Crippen molar-refractivity contribution < 1.29 is 5.11 Å². The molecule has 0 aromatic heterocycles. The van der Waals surface area contributed by atoms with E-state index in [9.17, 15) is 5.11 Å². The molecule has 2 saturated heterocycles. The van der Waals surface area contributed by atoms with Crippen LogP contribution in [-0.2, 0) is 0 Å². The van der Waals surface area contributed by atoms with E-state index in [1.807, 2.05) is 0 Å². The molecule has 0 aromatic rings. The van der Waals surface area contributed by atoms with Gasteiger partial charge in [0.2, 0.25) is 0 Å². The molecule has 4 unspecified atom stereocenters. The van der Waals surface area contributed by atoms with Crippen LogP contribution in [0.3, 0.4) is 0 Å². The van der Waals surface area contributed by atoms with Crippen molar-refractivity contribution in [2.75, 3.05) is 6.67 Å². The molecule has 11 heavy (non-hydrogen) atoms. The molecule has 6 heteroatoms. The van der Waals surface area contributed by atoms with Crippen LogP contribution in [0, 0.1) is 0 Å². The summed E-state index contributed by atoms with van der Waals surface area (Å²) in [6.07, 6.45) is -0.842. The summed E-state index contributed by atoms with van der Waals surface area (Å²) in [5, 5.41) is 21.4. The first kappa shape index (κ1) is 7.41. The zero-order chi connectivity index (χ0) is 7.84. The SMILES string of the molecule is NC1NC(O)C2NCNC2N1. The van der Waals surface area contributed by atoms with Crippen molar-refractivity contribution in [3.63, 3.8) is 0 Å². The number of aliphatic hydroxyl groups excluding tert-OH is 1. The van der Waals surface area contributed by atoms with E-state index in [0.29, 0.717) is 6.67 Å². The molecule has 0 radical (unpaired) electrons.